The number of thioether (sulfide) groups is 1. The van der Waals surface area contributed by atoms with Crippen molar-refractivity contribution >= 4 is 28.7 Å². The number of nitrogens with zero attached hydrogens (tertiary/aromatic N) is 3. The Labute approximate surface area is 117 Å². The summed E-state index contributed by atoms with van der Waals surface area (Å²) >= 11 is 1.96. The van der Waals surface area contributed by atoms with Crippen molar-refractivity contribution in [2.24, 2.45) is 0 Å². The van der Waals surface area contributed by atoms with E-state index >= 15 is 0 Å². The zero-order valence-corrected chi connectivity index (χ0v) is 11.9. The SMILES string of the molecule is CSC1(CNc2nnc3ccccc3n2)CCCC1. The minimum Gasteiger partial charge on any atom is -0.352 e. The summed E-state index contributed by atoms with van der Waals surface area (Å²) in [7, 11) is 0. The van der Waals surface area contributed by atoms with Crippen molar-refractivity contribution in [2.75, 3.05) is 18.1 Å². The number of nitrogens with one attached hydrogen (secondary N) is 1. The quantitative estimate of drug-likeness (QED) is 0.928. The third-order valence-electron chi connectivity index (χ3n) is 3.88. The van der Waals surface area contributed by atoms with E-state index in [4.69, 9.17) is 0 Å². The number of hydrogen-bond acceptors (Lipinski definition) is 5. The van der Waals surface area contributed by atoms with E-state index in [1.54, 1.807) is 0 Å². The van der Waals surface area contributed by atoms with Crippen LogP contribution in [0.15, 0.2) is 24.3 Å². The Bertz CT molecular complexity index is 566. The zero-order chi connectivity index (χ0) is 13.1. The fourth-order valence-electron chi connectivity index (χ4n) is 2.67. The summed E-state index contributed by atoms with van der Waals surface area (Å²) in [6.07, 6.45) is 7.43. The minimum absolute atomic E-state index is 0.356. The summed E-state index contributed by atoms with van der Waals surface area (Å²) in [5, 5.41) is 11.7. The van der Waals surface area contributed by atoms with Gasteiger partial charge in [-0.3, -0.25) is 0 Å². The molecule has 3 rings (SSSR count). The molecule has 4 nitrogen and oxygen atoms in total. The number of para-hydroxylation sites is 1. The predicted molar refractivity (Wildman–Crippen MR) is 80.5 cm³/mol. The molecule has 0 amide bonds. The molecule has 0 atom stereocenters. The summed E-state index contributed by atoms with van der Waals surface area (Å²) in [6, 6.07) is 7.82. The molecule has 1 N–H and O–H groups in total. The van der Waals surface area contributed by atoms with Gasteiger partial charge >= 0.3 is 0 Å². The second-order valence-electron chi connectivity index (χ2n) is 5.07. The summed E-state index contributed by atoms with van der Waals surface area (Å²) < 4.78 is 0.356. The lowest BCUT2D eigenvalue weighted by molar-refractivity contribution is 0.636. The van der Waals surface area contributed by atoms with Crippen LogP contribution in [0.3, 0.4) is 0 Å². The lowest BCUT2D eigenvalue weighted by atomic mass is 10.1. The van der Waals surface area contributed by atoms with E-state index in [0.29, 0.717) is 10.7 Å². The van der Waals surface area contributed by atoms with E-state index in [-0.39, 0.29) is 0 Å². The van der Waals surface area contributed by atoms with Gasteiger partial charge in [-0.1, -0.05) is 25.0 Å². The highest BCUT2D eigenvalue weighted by molar-refractivity contribution is 8.00. The predicted octanol–water partition coefficient (Wildman–Crippen LogP) is 3.11. The van der Waals surface area contributed by atoms with Gasteiger partial charge in [-0.25, -0.2) is 4.98 Å². The Kier molecular flexibility index (Phi) is 3.55. The molecule has 1 aromatic heterocycles. The van der Waals surface area contributed by atoms with Gasteiger partial charge in [0.05, 0.1) is 5.52 Å². The fraction of sp³-hybridized carbons (Fsp3) is 0.500. The highest BCUT2D eigenvalue weighted by atomic mass is 32.2. The molecule has 2 aromatic rings. The van der Waals surface area contributed by atoms with E-state index < -0.39 is 0 Å². The molecule has 1 aromatic carbocycles. The summed E-state index contributed by atoms with van der Waals surface area (Å²) in [4.78, 5) is 4.51. The first-order valence-electron chi connectivity index (χ1n) is 6.70. The topological polar surface area (TPSA) is 50.7 Å². The smallest absolute Gasteiger partial charge is 0.243 e. The normalized spacial score (nSPS) is 17.7. The first kappa shape index (κ1) is 12.7. The molecule has 1 aliphatic rings. The van der Waals surface area contributed by atoms with Crippen LogP contribution in [0.5, 0.6) is 0 Å². The molecular weight excluding hydrogens is 256 g/mol. The van der Waals surface area contributed by atoms with Gasteiger partial charge in [0.2, 0.25) is 5.95 Å². The molecule has 0 radical (unpaired) electrons. The average Bonchev–Trinajstić information content (AvgIpc) is 2.94. The number of hydrogen-bond donors (Lipinski definition) is 1. The maximum absolute atomic E-state index is 4.51. The van der Waals surface area contributed by atoms with Crippen molar-refractivity contribution in [3.8, 4) is 0 Å². The summed E-state index contributed by atoms with van der Waals surface area (Å²) in [5.41, 5.74) is 1.73. The van der Waals surface area contributed by atoms with Crippen molar-refractivity contribution < 1.29 is 0 Å². The molecule has 0 aliphatic heterocycles. The first-order chi connectivity index (χ1) is 9.31. The van der Waals surface area contributed by atoms with Gasteiger partial charge in [0.15, 0.2) is 0 Å². The molecule has 0 bridgehead atoms. The zero-order valence-electron chi connectivity index (χ0n) is 11.1. The van der Waals surface area contributed by atoms with Crippen molar-refractivity contribution in [3.63, 3.8) is 0 Å². The van der Waals surface area contributed by atoms with Crippen LogP contribution in [0.4, 0.5) is 5.95 Å². The van der Waals surface area contributed by atoms with E-state index in [1.165, 1.54) is 25.7 Å². The molecule has 0 spiro atoms. The van der Waals surface area contributed by atoms with E-state index in [0.717, 1.165) is 17.6 Å². The average molecular weight is 274 g/mol. The van der Waals surface area contributed by atoms with E-state index in [9.17, 15) is 0 Å². The first-order valence-corrected chi connectivity index (χ1v) is 7.92. The number of fused-ring (bicyclic) bond motifs is 1. The lowest BCUT2D eigenvalue weighted by Crippen LogP contribution is -2.30. The molecule has 19 heavy (non-hydrogen) atoms. The van der Waals surface area contributed by atoms with Crippen LogP contribution in [0, 0.1) is 0 Å². The molecule has 100 valence electrons. The monoisotopic (exact) mass is 274 g/mol. The minimum atomic E-state index is 0.356. The molecule has 1 fully saturated rings. The summed E-state index contributed by atoms with van der Waals surface area (Å²) in [5.74, 6) is 0.638. The number of benzene rings is 1. The van der Waals surface area contributed by atoms with Crippen molar-refractivity contribution in [2.45, 2.75) is 30.4 Å². The van der Waals surface area contributed by atoms with E-state index in [2.05, 4.69) is 26.8 Å². The van der Waals surface area contributed by atoms with Crippen molar-refractivity contribution in [3.05, 3.63) is 24.3 Å². The molecule has 0 saturated heterocycles. The standard InChI is InChI=1S/C14H18N4S/c1-19-14(8-4-5-9-14)10-15-13-16-11-6-2-3-7-12(11)17-18-13/h2-3,6-7H,4-5,8-10H2,1H3,(H,15,16,18). The highest BCUT2D eigenvalue weighted by Gasteiger charge is 2.32. The Morgan fingerprint density at radius 2 is 1.89 bits per heavy atom. The maximum Gasteiger partial charge on any atom is 0.243 e. The van der Waals surface area contributed by atoms with Gasteiger partial charge in [0.25, 0.3) is 0 Å². The Morgan fingerprint density at radius 3 is 2.63 bits per heavy atom. The highest BCUT2D eigenvalue weighted by Crippen LogP contribution is 2.40. The van der Waals surface area contributed by atoms with Crippen LogP contribution in [0.2, 0.25) is 0 Å². The van der Waals surface area contributed by atoms with Crippen LogP contribution in [0.25, 0.3) is 11.0 Å². The van der Waals surface area contributed by atoms with Gasteiger partial charge in [0, 0.05) is 11.3 Å². The molecule has 5 heteroatoms. The summed E-state index contributed by atoms with van der Waals surface area (Å²) in [6.45, 7) is 0.925. The molecular formula is C14H18N4S. The van der Waals surface area contributed by atoms with Gasteiger partial charge in [-0.15, -0.1) is 10.2 Å². The largest absolute Gasteiger partial charge is 0.352 e. The fourth-order valence-corrected chi connectivity index (χ4v) is 3.58. The van der Waals surface area contributed by atoms with Gasteiger partial charge in [-0.05, 0) is 31.2 Å². The van der Waals surface area contributed by atoms with Crippen LogP contribution in [-0.4, -0.2) is 32.7 Å². The Balaban J connectivity index is 1.74. The third kappa shape index (κ3) is 2.66. The van der Waals surface area contributed by atoms with Crippen molar-refractivity contribution in [1.29, 1.82) is 0 Å². The van der Waals surface area contributed by atoms with Crippen LogP contribution >= 0.6 is 11.8 Å². The number of anilines is 1. The van der Waals surface area contributed by atoms with Crippen molar-refractivity contribution in [1.82, 2.24) is 15.2 Å². The Morgan fingerprint density at radius 1 is 1.16 bits per heavy atom. The van der Waals surface area contributed by atoms with Gasteiger partial charge < -0.3 is 5.32 Å². The lowest BCUT2D eigenvalue weighted by Gasteiger charge is -2.26. The second kappa shape index (κ2) is 5.33. The molecule has 1 aliphatic carbocycles. The van der Waals surface area contributed by atoms with Gasteiger partial charge in [0.1, 0.15) is 5.52 Å². The third-order valence-corrected chi connectivity index (χ3v) is 5.30. The van der Waals surface area contributed by atoms with Crippen LogP contribution in [-0.2, 0) is 0 Å². The van der Waals surface area contributed by atoms with Crippen LogP contribution < -0.4 is 5.32 Å². The molecule has 1 heterocycles. The number of aromatic nitrogens is 3. The number of rotatable bonds is 4. The Hall–Kier alpha value is -1.36. The second-order valence-corrected chi connectivity index (χ2v) is 6.35. The molecule has 0 unspecified atom stereocenters. The van der Waals surface area contributed by atoms with E-state index in [1.807, 2.05) is 36.0 Å². The van der Waals surface area contributed by atoms with Gasteiger partial charge in [-0.2, -0.15) is 11.8 Å². The van der Waals surface area contributed by atoms with Crippen LogP contribution in [0.1, 0.15) is 25.7 Å². The maximum atomic E-state index is 4.51. The molecule has 1 saturated carbocycles.